The molecule has 1 aromatic carbocycles. The molecule has 164 valence electrons. The molecule has 1 aliphatic rings. The van der Waals surface area contributed by atoms with E-state index in [2.05, 4.69) is 27.7 Å². The molecule has 7 heteroatoms. The second-order valence-electron chi connectivity index (χ2n) is 8.92. The first-order chi connectivity index (χ1) is 13.2. The van der Waals surface area contributed by atoms with E-state index < -0.39 is 0 Å². The molecule has 2 N–H and O–H groups in total. The third-order valence-electron chi connectivity index (χ3n) is 4.82. The Balaban J connectivity index is 0.00000420. The number of hydrogen-bond donors (Lipinski definition) is 2. The molecule has 1 amide bonds. The van der Waals surface area contributed by atoms with Gasteiger partial charge < -0.3 is 15.5 Å². The van der Waals surface area contributed by atoms with Crippen LogP contribution < -0.4 is 10.6 Å². The van der Waals surface area contributed by atoms with Gasteiger partial charge in [-0.2, -0.15) is 0 Å². The number of carbonyl (C=O) groups excluding carboxylic acids is 1. The van der Waals surface area contributed by atoms with E-state index in [1.165, 1.54) is 5.56 Å². The predicted octanol–water partition coefficient (Wildman–Crippen LogP) is 2.94. The van der Waals surface area contributed by atoms with Gasteiger partial charge in [-0.05, 0) is 58.2 Å². The van der Waals surface area contributed by atoms with Crippen LogP contribution in [0.4, 0.5) is 0 Å². The summed E-state index contributed by atoms with van der Waals surface area (Å²) in [7, 11) is 4.04. The summed E-state index contributed by atoms with van der Waals surface area (Å²) >= 11 is 0. The minimum absolute atomic E-state index is 0. The Morgan fingerprint density at radius 2 is 1.79 bits per heavy atom. The number of guanidine groups is 1. The van der Waals surface area contributed by atoms with Crippen molar-refractivity contribution >= 4 is 35.8 Å². The van der Waals surface area contributed by atoms with E-state index in [1.54, 1.807) is 0 Å². The molecule has 0 aromatic heterocycles. The molecule has 0 aliphatic carbocycles. The molecule has 0 atom stereocenters. The van der Waals surface area contributed by atoms with Gasteiger partial charge in [-0.3, -0.25) is 9.69 Å². The first-order valence-electron chi connectivity index (χ1n) is 10.3. The summed E-state index contributed by atoms with van der Waals surface area (Å²) in [5.74, 6) is 1.66. The number of halogens is 1. The number of amides is 1. The number of hydrogen-bond acceptors (Lipinski definition) is 3. The summed E-state index contributed by atoms with van der Waals surface area (Å²) < 4.78 is 0. The third-order valence-corrected chi connectivity index (χ3v) is 4.82. The second-order valence-corrected chi connectivity index (χ2v) is 8.92. The highest BCUT2D eigenvalue weighted by molar-refractivity contribution is 14.0. The van der Waals surface area contributed by atoms with E-state index in [9.17, 15) is 4.79 Å². The highest BCUT2D eigenvalue weighted by atomic mass is 127. The maximum absolute atomic E-state index is 12.1. The molecule has 1 fully saturated rings. The van der Waals surface area contributed by atoms with Crippen LogP contribution in [0.1, 0.15) is 39.2 Å². The summed E-state index contributed by atoms with van der Waals surface area (Å²) in [5, 5.41) is 6.57. The number of carbonyl (C=O) groups is 1. The van der Waals surface area contributed by atoms with Gasteiger partial charge in [-0.25, -0.2) is 4.99 Å². The van der Waals surface area contributed by atoms with E-state index in [0.717, 1.165) is 38.4 Å². The normalized spacial score (nSPS) is 16.1. The summed E-state index contributed by atoms with van der Waals surface area (Å²) in [6.07, 6.45) is 2.21. The average Bonchev–Trinajstić information content (AvgIpc) is 2.62. The fourth-order valence-electron chi connectivity index (χ4n) is 3.35. The molecule has 6 nitrogen and oxygen atoms in total. The lowest BCUT2D eigenvalue weighted by atomic mass is 9.97. The largest absolute Gasteiger partial charge is 0.356 e. The summed E-state index contributed by atoms with van der Waals surface area (Å²) in [5.41, 5.74) is 1.05. The van der Waals surface area contributed by atoms with Crippen LogP contribution in [-0.4, -0.2) is 67.5 Å². The molecule has 1 saturated heterocycles. The predicted molar refractivity (Wildman–Crippen MR) is 132 cm³/mol. The number of nitrogens with one attached hydrogen (secondary N) is 2. The second kappa shape index (κ2) is 12.4. The molecule has 1 aromatic rings. The van der Waals surface area contributed by atoms with Crippen molar-refractivity contribution in [3.8, 4) is 0 Å². The van der Waals surface area contributed by atoms with E-state index in [4.69, 9.17) is 4.99 Å². The van der Waals surface area contributed by atoms with Crippen molar-refractivity contribution in [3.63, 3.8) is 0 Å². The van der Waals surface area contributed by atoms with Crippen molar-refractivity contribution in [2.75, 3.05) is 40.3 Å². The van der Waals surface area contributed by atoms with Crippen LogP contribution in [0.2, 0.25) is 0 Å². The maximum atomic E-state index is 12.1. The third kappa shape index (κ3) is 10.3. The number of aliphatic imine (C=N–C) groups is 1. The van der Waals surface area contributed by atoms with Gasteiger partial charge in [0.15, 0.2) is 5.96 Å². The fraction of sp³-hybridized carbons (Fsp3) is 0.636. The molecular weight excluding hydrogens is 477 g/mol. The first-order valence-corrected chi connectivity index (χ1v) is 10.3. The lowest BCUT2D eigenvalue weighted by Gasteiger charge is -2.33. The van der Waals surface area contributed by atoms with Crippen LogP contribution in [0.25, 0.3) is 0 Å². The van der Waals surface area contributed by atoms with Crippen molar-refractivity contribution in [1.82, 2.24) is 20.4 Å². The molecule has 2 rings (SSSR count). The number of piperidine rings is 1. The molecule has 1 heterocycles. The number of nitrogens with zero attached hydrogens (tertiary/aromatic N) is 3. The lowest BCUT2D eigenvalue weighted by molar-refractivity contribution is -0.124. The molecule has 0 unspecified atom stereocenters. The van der Waals surface area contributed by atoms with Gasteiger partial charge >= 0.3 is 0 Å². The van der Waals surface area contributed by atoms with E-state index in [-0.39, 0.29) is 35.4 Å². The smallest absolute Gasteiger partial charge is 0.234 e. The summed E-state index contributed by atoms with van der Waals surface area (Å²) in [6, 6.07) is 10.3. The fourth-order valence-corrected chi connectivity index (χ4v) is 3.35. The van der Waals surface area contributed by atoms with Gasteiger partial charge in [-0.15, -0.1) is 24.0 Å². The van der Waals surface area contributed by atoms with Crippen LogP contribution in [0, 0.1) is 5.92 Å². The Labute approximate surface area is 193 Å². The van der Waals surface area contributed by atoms with Gasteiger partial charge in [0, 0.05) is 26.2 Å². The zero-order valence-corrected chi connectivity index (χ0v) is 20.9. The van der Waals surface area contributed by atoms with Crippen molar-refractivity contribution in [2.24, 2.45) is 10.9 Å². The SMILES string of the molecule is CN(C)C(=NCc1ccccc1)NCC1CCN(CC(=O)NC(C)(C)C)CC1.I. The number of benzene rings is 1. The van der Waals surface area contributed by atoms with Crippen LogP contribution >= 0.6 is 24.0 Å². The minimum Gasteiger partial charge on any atom is -0.356 e. The van der Waals surface area contributed by atoms with Crippen LogP contribution in [0.5, 0.6) is 0 Å². The Kier molecular flexibility index (Phi) is 11.0. The number of rotatable bonds is 6. The van der Waals surface area contributed by atoms with Crippen molar-refractivity contribution in [2.45, 2.75) is 45.7 Å². The molecule has 0 saturated carbocycles. The monoisotopic (exact) mass is 515 g/mol. The molecule has 1 aliphatic heterocycles. The van der Waals surface area contributed by atoms with Crippen LogP contribution in [0.3, 0.4) is 0 Å². The lowest BCUT2D eigenvalue weighted by Crippen LogP contribution is -2.48. The number of likely N-dealkylation sites (tertiary alicyclic amines) is 1. The average molecular weight is 515 g/mol. The van der Waals surface area contributed by atoms with Crippen molar-refractivity contribution < 1.29 is 4.79 Å². The van der Waals surface area contributed by atoms with Crippen LogP contribution in [0.15, 0.2) is 35.3 Å². The molecule has 0 radical (unpaired) electrons. The highest BCUT2D eigenvalue weighted by Gasteiger charge is 2.22. The Hall–Kier alpha value is -1.35. The standard InChI is InChI=1S/C22H37N5O.HI/c1-22(2,3)25-20(28)17-27-13-11-19(12-14-27)16-24-21(26(4)5)23-15-18-9-7-6-8-10-18;/h6-10,19H,11-17H2,1-5H3,(H,23,24)(H,25,28);1H. The van der Waals surface area contributed by atoms with Crippen molar-refractivity contribution in [3.05, 3.63) is 35.9 Å². The quantitative estimate of drug-likeness (QED) is 0.348. The molecular formula is C22H38IN5O. The summed E-state index contributed by atoms with van der Waals surface area (Å²) in [4.78, 5) is 21.1. The molecule has 29 heavy (non-hydrogen) atoms. The summed E-state index contributed by atoms with van der Waals surface area (Å²) in [6.45, 7) is 10.1. The Morgan fingerprint density at radius 3 is 2.34 bits per heavy atom. The Bertz CT molecular complexity index is 634. The molecule has 0 bridgehead atoms. The van der Waals surface area contributed by atoms with Gasteiger partial charge in [0.05, 0.1) is 13.1 Å². The van der Waals surface area contributed by atoms with E-state index >= 15 is 0 Å². The molecule has 0 spiro atoms. The topological polar surface area (TPSA) is 60.0 Å². The maximum Gasteiger partial charge on any atom is 0.234 e. The van der Waals surface area contributed by atoms with Gasteiger partial charge in [0.1, 0.15) is 0 Å². The highest BCUT2D eigenvalue weighted by Crippen LogP contribution is 2.16. The van der Waals surface area contributed by atoms with E-state index in [1.807, 2.05) is 58.0 Å². The zero-order valence-electron chi connectivity index (χ0n) is 18.6. The zero-order chi connectivity index (χ0) is 20.6. The van der Waals surface area contributed by atoms with E-state index in [0.29, 0.717) is 19.0 Å². The first kappa shape index (κ1) is 25.7. The van der Waals surface area contributed by atoms with Gasteiger partial charge in [0.2, 0.25) is 5.91 Å². The van der Waals surface area contributed by atoms with Gasteiger partial charge in [0.25, 0.3) is 0 Å². The van der Waals surface area contributed by atoms with Crippen molar-refractivity contribution in [1.29, 1.82) is 0 Å². The van der Waals surface area contributed by atoms with Crippen LogP contribution in [-0.2, 0) is 11.3 Å². The Morgan fingerprint density at radius 1 is 1.17 bits per heavy atom. The van der Waals surface area contributed by atoms with Gasteiger partial charge in [-0.1, -0.05) is 30.3 Å². The minimum atomic E-state index is -0.166.